The molecule has 92 valence electrons. The van der Waals surface area contributed by atoms with Gasteiger partial charge in [-0.15, -0.1) is 0 Å². The molecular weight excluding hydrogens is 255 g/mol. The molecule has 0 fully saturated rings. The van der Waals surface area contributed by atoms with Gasteiger partial charge in [0.15, 0.2) is 0 Å². The summed E-state index contributed by atoms with van der Waals surface area (Å²) in [5.74, 6) is -1.43. The third kappa shape index (κ3) is 2.51. The molecule has 0 unspecified atom stereocenters. The van der Waals surface area contributed by atoms with Crippen molar-refractivity contribution < 1.29 is 14.3 Å². The minimum atomic E-state index is -1.02. The summed E-state index contributed by atoms with van der Waals surface area (Å²) in [6.07, 6.45) is 0. The van der Waals surface area contributed by atoms with Gasteiger partial charge in [-0.05, 0) is 48.4 Å². The maximum Gasteiger partial charge on any atom is 0.335 e. The van der Waals surface area contributed by atoms with E-state index < -0.39 is 11.8 Å². The molecule has 0 saturated heterocycles. The lowest BCUT2D eigenvalue weighted by Gasteiger charge is -2.07. The van der Waals surface area contributed by atoms with Crippen LogP contribution in [0.2, 0.25) is 5.02 Å². The van der Waals surface area contributed by atoms with Crippen LogP contribution in [0.5, 0.6) is 0 Å². The molecule has 4 heteroatoms. The van der Waals surface area contributed by atoms with E-state index in [0.29, 0.717) is 16.1 Å². The van der Waals surface area contributed by atoms with Crippen LogP contribution < -0.4 is 0 Å². The number of halogens is 2. The van der Waals surface area contributed by atoms with Crippen LogP contribution in [-0.4, -0.2) is 11.1 Å². The number of aromatic carboxylic acids is 1. The summed E-state index contributed by atoms with van der Waals surface area (Å²) in [5.41, 5.74) is 2.02. The largest absolute Gasteiger partial charge is 0.478 e. The molecule has 0 aliphatic carbocycles. The van der Waals surface area contributed by atoms with Crippen molar-refractivity contribution in [3.8, 4) is 11.1 Å². The van der Waals surface area contributed by atoms with Crippen molar-refractivity contribution in [3.05, 3.63) is 58.4 Å². The second-order valence-corrected chi connectivity index (χ2v) is 4.42. The Morgan fingerprint density at radius 3 is 2.61 bits per heavy atom. The average Bonchev–Trinajstić information content (AvgIpc) is 2.31. The summed E-state index contributed by atoms with van der Waals surface area (Å²) < 4.78 is 13.2. The molecule has 0 bridgehead atoms. The minimum Gasteiger partial charge on any atom is -0.478 e. The number of carboxylic acids is 1. The molecule has 1 N–H and O–H groups in total. The first-order valence-electron chi connectivity index (χ1n) is 5.28. The van der Waals surface area contributed by atoms with Crippen LogP contribution in [0.4, 0.5) is 4.39 Å². The van der Waals surface area contributed by atoms with E-state index in [-0.39, 0.29) is 5.56 Å². The molecule has 0 spiro atoms. The Labute approximate surface area is 109 Å². The summed E-state index contributed by atoms with van der Waals surface area (Å²) in [4.78, 5) is 11.0. The highest BCUT2D eigenvalue weighted by Crippen LogP contribution is 2.30. The topological polar surface area (TPSA) is 37.3 Å². The van der Waals surface area contributed by atoms with Gasteiger partial charge < -0.3 is 5.11 Å². The predicted molar refractivity (Wildman–Crippen MR) is 68.5 cm³/mol. The number of carboxylic acid groups (broad SMARTS) is 1. The maximum atomic E-state index is 13.2. The Hall–Kier alpha value is -1.87. The Morgan fingerprint density at radius 2 is 1.94 bits per heavy atom. The quantitative estimate of drug-likeness (QED) is 0.885. The first-order chi connectivity index (χ1) is 8.47. The number of aryl methyl sites for hydroxylation is 1. The molecule has 0 heterocycles. The zero-order valence-corrected chi connectivity index (χ0v) is 10.3. The van der Waals surface area contributed by atoms with Crippen molar-refractivity contribution in [1.29, 1.82) is 0 Å². The normalized spacial score (nSPS) is 10.4. The summed E-state index contributed by atoms with van der Waals surface area (Å²) in [7, 11) is 0. The van der Waals surface area contributed by atoms with Crippen LogP contribution in [0.15, 0.2) is 36.4 Å². The third-order valence-corrected chi connectivity index (χ3v) is 2.89. The van der Waals surface area contributed by atoms with E-state index in [1.54, 1.807) is 19.1 Å². The lowest BCUT2D eigenvalue weighted by Crippen LogP contribution is -1.97. The molecule has 2 aromatic rings. The first kappa shape index (κ1) is 12.6. The number of rotatable bonds is 2. The van der Waals surface area contributed by atoms with Gasteiger partial charge in [0.05, 0.1) is 5.56 Å². The number of benzene rings is 2. The van der Waals surface area contributed by atoms with E-state index in [9.17, 15) is 9.18 Å². The van der Waals surface area contributed by atoms with E-state index in [2.05, 4.69) is 0 Å². The molecule has 2 rings (SSSR count). The van der Waals surface area contributed by atoms with Gasteiger partial charge in [0.25, 0.3) is 0 Å². The molecule has 0 atom stereocenters. The molecule has 2 aromatic carbocycles. The van der Waals surface area contributed by atoms with Crippen molar-refractivity contribution in [2.24, 2.45) is 0 Å². The number of hydrogen-bond acceptors (Lipinski definition) is 1. The van der Waals surface area contributed by atoms with Gasteiger partial charge in [-0.1, -0.05) is 17.7 Å². The lowest BCUT2D eigenvalue weighted by molar-refractivity contribution is 0.0697. The van der Waals surface area contributed by atoms with Gasteiger partial charge in [0.1, 0.15) is 5.82 Å². The van der Waals surface area contributed by atoms with Crippen LogP contribution in [-0.2, 0) is 0 Å². The smallest absolute Gasteiger partial charge is 0.335 e. The average molecular weight is 265 g/mol. The number of carbonyl (C=O) groups is 1. The second-order valence-electron chi connectivity index (χ2n) is 4.02. The Morgan fingerprint density at radius 1 is 1.22 bits per heavy atom. The minimum absolute atomic E-state index is 0.158. The van der Waals surface area contributed by atoms with Gasteiger partial charge in [-0.3, -0.25) is 0 Å². The second kappa shape index (κ2) is 4.78. The molecule has 0 aliphatic heterocycles. The lowest BCUT2D eigenvalue weighted by atomic mass is 10.00. The van der Waals surface area contributed by atoms with Crippen molar-refractivity contribution in [2.75, 3.05) is 0 Å². The van der Waals surface area contributed by atoms with Crippen LogP contribution >= 0.6 is 11.6 Å². The van der Waals surface area contributed by atoms with E-state index in [4.69, 9.17) is 16.7 Å². The standard InChI is InChI=1S/C14H10ClFO2/c1-8-4-9(6-10(5-8)14(17)18)12-7-11(16)2-3-13(12)15/h2-7H,1H3,(H,17,18). The van der Waals surface area contributed by atoms with E-state index in [0.717, 1.165) is 5.56 Å². The Bertz CT molecular complexity index is 623. The van der Waals surface area contributed by atoms with Gasteiger partial charge in [0, 0.05) is 10.6 Å². The fraction of sp³-hybridized carbons (Fsp3) is 0.0714. The van der Waals surface area contributed by atoms with Gasteiger partial charge in [-0.2, -0.15) is 0 Å². The summed E-state index contributed by atoms with van der Waals surface area (Å²) in [6, 6.07) is 8.82. The van der Waals surface area contributed by atoms with Crippen LogP contribution in [0.3, 0.4) is 0 Å². The maximum absolute atomic E-state index is 13.2. The molecular formula is C14H10ClFO2. The highest BCUT2D eigenvalue weighted by Gasteiger charge is 2.10. The summed E-state index contributed by atoms with van der Waals surface area (Å²) in [6.45, 7) is 1.78. The Kier molecular flexibility index (Phi) is 3.34. The van der Waals surface area contributed by atoms with Crippen LogP contribution in [0, 0.1) is 12.7 Å². The number of hydrogen-bond donors (Lipinski definition) is 1. The fourth-order valence-corrected chi connectivity index (χ4v) is 2.01. The van der Waals surface area contributed by atoms with Gasteiger partial charge >= 0.3 is 5.97 Å². The molecule has 2 nitrogen and oxygen atoms in total. The zero-order chi connectivity index (χ0) is 13.3. The van der Waals surface area contributed by atoms with E-state index in [1.165, 1.54) is 24.3 Å². The van der Waals surface area contributed by atoms with Gasteiger partial charge in [-0.25, -0.2) is 9.18 Å². The molecule has 0 amide bonds. The van der Waals surface area contributed by atoms with Crippen LogP contribution in [0.25, 0.3) is 11.1 Å². The van der Waals surface area contributed by atoms with Crippen molar-refractivity contribution in [2.45, 2.75) is 6.92 Å². The highest BCUT2D eigenvalue weighted by atomic mass is 35.5. The van der Waals surface area contributed by atoms with Crippen molar-refractivity contribution >= 4 is 17.6 Å². The fourth-order valence-electron chi connectivity index (χ4n) is 1.78. The van der Waals surface area contributed by atoms with Crippen molar-refractivity contribution in [3.63, 3.8) is 0 Å². The zero-order valence-electron chi connectivity index (χ0n) is 9.58. The highest BCUT2D eigenvalue weighted by molar-refractivity contribution is 6.33. The summed E-state index contributed by atoms with van der Waals surface area (Å²) in [5, 5.41) is 9.38. The monoisotopic (exact) mass is 264 g/mol. The first-order valence-corrected chi connectivity index (χ1v) is 5.65. The van der Waals surface area contributed by atoms with E-state index >= 15 is 0 Å². The molecule has 0 radical (unpaired) electrons. The third-order valence-electron chi connectivity index (χ3n) is 2.56. The van der Waals surface area contributed by atoms with Crippen molar-refractivity contribution in [1.82, 2.24) is 0 Å². The van der Waals surface area contributed by atoms with Gasteiger partial charge in [0.2, 0.25) is 0 Å². The molecule has 0 aromatic heterocycles. The van der Waals surface area contributed by atoms with E-state index in [1.807, 2.05) is 0 Å². The molecule has 0 saturated carbocycles. The van der Waals surface area contributed by atoms with Crippen LogP contribution in [0.1, 0.15) is 15.9 Å². The summed E-state index contributed by atoms with van der Waals surface area (Å²) >= 11 is 6.00. The molecule has 18 heavy (non-hydrogen) atoms. The Balaban J connectivity index is 2.63. The molecule has 0 aliphatic rings. The SMILES string of the molecule is Cc1cc(C(=O)O)cc(-c2cc(F)ccc2Cl)c1. The predicted octanol–water partition coefficient (Wildman–Crippen LogP) is 4.15.